The third kappa shape index (κ3) is 3.90. The quantitative estimate of drug-likeness (QED) is 0.712. The van der Waals surface area contributed by atoms with Crippen LogP contribution >= 0.6 is 22.9 Å². The molecule has 2 aromatic heterocycles. The summed E-state index contributed by atoms with van der Waals surface area (Å²) in [6.07, 6.45) is 6.70. The zero-order valence-electron chi connectivity index (χ0n) is 13.2. The Labute approximate surface area is 148 Å². The molecular formula is C17H15ClN4OS. The highest BCUT2D eigenvalue weighted by atomic mass is 35.5. The zero-order valence-corrected chi connectivity index (χ0v) is 14.7. The van der Waals surface area contributed by atoms with E-state index < -0.39 is 0 Å². The Morgan fingerprint density at radius 3 is 2.75 bits per heavy atom. The molecule has 2 heterocycles. The molecule has 0 atom stereocenters. The van der Waals surface area contributed by atoms with E-state index in [1.54, 1.807) is 17.0 Å². The molecule has 24 heavy (non-hydrogen) atoms. The van der Waals surface area contributed by atoms with Crippen LogP contribution in [0, 0.1) is 6.92 Å². The summed E-state index contributed by atoms with van der Waals surface area (Å²) in [6.45, 7) is 1.97. The fourth-order valence-electron chi connectivity index (χ4n) is 2.17. The largest absolute Gasteiger partial charge is 0.298 e. The van der Waals surface area contributed by atoms with Gasteiger partial charge in [0.25, 0.3) is 0 Å². The van der Waals surface area contributed by atoms with E-state index in [0.29, 0.717) is 10.2 Å². The third-order valence-corrected chi connectivity index (χ3v) is 4.43. The third-order valence-electron chi connectivity index (χ3n) is 3.30. The lowest BCUT2D eigenvalue weighted by Crippen LogP contribution is -2.07. The van der Waals surface area contributed by atoms with Crippen LogP contribution in [0.25, 0.3) is 17.3 Å². The highest BCUT2D eigenvalue weighted by Gasteiger charge is 2.11. The molecule has 0 spiro atoms. The lowest BCUT2D eigenvalue weighted by atomic mass is 10.1. The second-order valence-electron chi connectivity index (χ2n) is 5.20. The highest BCUT2D eigenvalue weighted by molar-refractivity contribution is 7.16. The Morgan fingerprint density at radius 1 is 1.33 bits per heavy atom. The highest BCUT2D eigenvalue weighted by Crippen LogP contribution is 2.30. The van der Waals surface area contributed by atoms with Crippen molar-refractivity contribution in [2.45, 2.75) is 6.92 Å². The number of aromatic nitrogens is 3. The molecule has 0 radical (unpaired) electrons. The van der Waals surface area contributed by atoms with E-state index in [1.807, 2.05) is 44.4 Å². The average Bonchev–Trinajstić information content (AvgIpc) is 3.12. The summed E-state index contributed by atoms with van der Waals surface area (Å²) in [5.74, 6) is -0.227. The van der Waals surface area contributed by atoms with E-state index in [2.05, 4.69) is 15.4 Å². The zero-order chi connectivity index (χ0) is 17.1. The van der Waals surface area contributed by atoms with E-state index >= 15 is 0 Å². The molecule has 3 aromatic rings. The van der Waals surface area contributed by atoms with Gasteiger partial charge < -0.3 is 0 Å². The predicted molar refractivity (Wildman–Crippen MR) is 98.2 cm³/mol. The Hall–Kier alpha value is -2.44. The van der Waals surface area contributed by atoms with E-state index in [9.17, 15) is 4.79 Å². The molecule has 1 aromatic carbocycles. The topological polar surface area (TPSA) is 59.8 Å². The van der Waals surface area contributed by atoms with Crippen LogP contribution in [0.5, 0.6) is 0 Å². The molecule has 1 N–H and O–H groups in total. The van der Waals surface area contributed by atoms with Crippen molar-refractivity contribution in [1.29, 1.82) is 0 Å². The summed E-state index contributed by atoms with van der Waals surface area (Å²) in [6, 6.07) is 7.48. The van der Waals surface area contributed by atoms with Gasteiger partial charge in [-0.15, -0.1) is 11.3 Å². The maximum atomic E-state index is 12.0. The first-order chi connectivity index (χ1) is 11.5. The number of hydrogen-bond acceptors (Lipinski definition) is 4. The van der Waals surface area contributed by atoms with Crippen LogP contribution < -0.4 is 5.32 Å². The molecule has 1 amide bonds. The van der Waals surface area contributed by atoms with Gasteiger partial charge in [-0.25, -0.2) is 4.98 Å². The van der Waals surface area contributed by atoms with Crippen molar-refractivity contribution in [3.8, 4) is 11.3 Å². The minimum atomic E-state index is -0.227. The first kappa shape index (κ1) is 16.4. The number of carbonyl (C=O) groups excluding carboxylic acids is 1. The number of amides is 1. The van der Waals surface area contributed by atoms with Gasteiger partial charge in [0.05, 0.1) is 11.9 Å². The van der Waals surface area contributed by atoms with Gasteiger partial charge in [0.15, 0.2) is 5.13 Å². The smallest absolute Gasteiger partial charge is 0.250 e. The van der Waals surface area contributed by atoms with Crippen molar-refractivity contribution in [1.82, 2.24) is 14.8 Å². The van der Waals surface area contributed by atoms with Gasteiger partial charge >= 0.3 is 0 Å². The fraction of sp³-hybridized carbons (Fsp3) is 0.118. The SMILES string of the molecule is Cc1sc(NC(=O)/C=C/c2cnn(C)c2)nc1-c1ccc(Cl)cc1. The first-order valence-electron chi connectivity index (χ1n) is 7.22. The van der Waals surface area contributed by atoms with Crippen LogP contribution in [-0.4, -0.2) is 20.7 Å². The summed E-state index contributed by atoms with van der Waals surface area (Å²) in [7, 11) is 1.83. The van der Waals surface area contributed by atoms with Crippen molar-refractivity contribution in [2.75, 3.05) is 5.32 Å². The standard InChI is InChI=1S/C17H15ClN4OS/c1-11-16(13-4-6-14(18)7-5-13)21-17(24-11)20-15(23)8-3-12-9-19-22(2)10-12/h3-10H,1-2H3,(H,20,21,23)/b8-3+. The molecule has 0 unspecified atom stereocenters. The van der Waals surface area contributed by atoms with E-state index in [0.717, 1.165) is 21.7 Å². The normalized spacial score (nSPS) is 11.1. The number of carbonyl (C=O) groups is 1. The number of nitrogens with zero attached hydrogens (tertiary/aromatic N) is 3. The van der Waals surface area contributed by atoms with Gasteiger partial charge in [-0.05, 0) is 25.1 Å². The number of anilines is 1. The summed E-state index contributed by atoms with van der Waals surface area (Å²) in [4.78, 5) is 17.6. The van der Waals surface area contributed by atoms with Crippen LogP contribution in [0.3, 0.4) is 0 Å². The minimum Gasteiger partial charge on any atom is -0.298 e. The van der Waals surface area contributed by atoms with Crippen molar-refractivity contribution in [3.05, 3.63) is 58.2 Å². The molecule has 0 aliphatic carbocycles. The number of rotatable bonds is 4. The van der Waals surface area contributed by atoms with Gasteiger partial charge in [0.1, 0.15) is 0 Å². The molecule has 0 fully saturated rings. The van der Waals surface area contributed by atoms with Crippen LogP contribution in [-0.2, 0) is 11.8 Å². The molecular weight excluding hydrogens is 344 g/mol. The summed E-state index contributed by atoms with van der Waals surface area (Å²) in [5, 5.41) is 8.09. The van der Waals surface area contributed by atoms with Gasteiger partial charge in [0.2, 0.25) is 5.91 Å². The Balaban J connectivity index is 1.71. The van der Waals surface area contributed by atoms with Gasteiger partial charge in [-0.1, -0.05) is 23.7 Å². The maximum Gasteiger partial charge on any atom is 0.250 e. The molecule has 0 bridgehead atoms. The predicted octanol–water partition coefficient (Wildman–Crippen LogP) is 4.16. The van der Waals surface area contributed by atoms with Gasteiger partial charge in [-0.2, -0.15) is 5.10 Å². The summed E-state index contributed by atoms with van der Waals surface area (Å²) < 4.78 is 1.68. The molecule has 0 saturated heterocycles. The summed E-state index contributed by atoms with van der Waals surface area (Å²) in [5.41, 5.74) is 2.69. The molecule has 0 saturated carbocycles. The van der Waals surface area contributed by atoms with Gasteiger partial charge in [-0.3, -0.25) is 14.8 Å². The maximum absolute atomic E-state index is 12.0. The lowest BCUT2D eigenvalue weighted by molar-refractivity contribution is -0.111. The lowest BCUT2D eigenvalue weighted by Gasteiger charge is -1.98. The Kier molecular flexibility index (Phi) is 4.78. The molecule has 0 aliphatic heterocycles. The molecule has 122 valence electrons. The van der Waals surface area contributed by atoms with Crippen molar-refractivity contribution >= 4 is 40.1 Å². The van der Waals surface area contributed by atoms with Crippen LogP contribution in [0.15, 0.2) is 42.7 Å². The van der Waals surface area contributed by atoms with Gasteiger partial charge in [0, 0.05) is 40.3 Å². The second-order valence-corrected chi connectivity index (χ2v) is 6.84. The molecule has 3 rings (SSSR count). The van der Waals surface area contributed by atoms with Crippen molar-refractivity contribution in [3.63, 3.8) is 0 Å². The van der Waals surface area contributed by atoms with Crippen molar-refractivity contribution in [2.24, 2.45) is 7.05 Å². The summed E-state index contributed by atoms with van der Waals surface area (Å²) >= 11 is 7.35. The number of benzene rings is 1. The number of nitrogens with one attached hydrogen (secondary N) is 1. The number of aryl methyl sites for hydroxylation is 2. The first-order valence-corrected chi connectivity index (χ1v) is 8.42. The van der Waals surface area contributed by atoms with E-state index in [-0.39, 0.29) is 5.91 Å². The Morgan fingerprint density at radius 2 is 2.08 bits per heavy atom. The molecule has 5 nitrogen and oxygen atoms in total. The Bertz CT molecular complexity index is 896. The van der Waals surface area contributed by atoms with E-state index in [1.165, 1.54) is 17.4 Å². The van der Waals surface area contributed by atoms with E-state index in [4.69, 9.17) is 11.6 Å². The molecule has 7 heteroatoms. The monoisotopic (exact) mass is 358 g/mol. The van der Waals surface area contributed by atoms with Crippen molar-refractivity contribution < 1.29 is 4.79 Å². The number of hydrogen-bond donors (Lipinski definition) is 1. The fourth-order valence-corrected chi connectivity index (χ4v) is 3.14. The van der Waals surface area contributed by atoms with Crippen LogP contribution in [0.2, 0.25) is 5.02 Å². The van der Waals surface area contributed by atoms with Crippen LogP contribution in [0.4, 0.5) is 5.13 Å². The average molecular weight is 359 g/mol. The number of halogens is 1. The second kappa shape index (κ2) is 6.98. The molecule has 0 aliphatic rings. The van der Waals surface area contributed by atoms with Crippen LogP contribution in [0.1, 0.15) is 10.4 Å². The number of thiazole rings is 1. The minimum absolute atomic E-state index is 0.227.